The number of amides is 2. The lowest BCUT2D eigenvalue weighted by molar-refractivity contribution is -0.117. The molecule has 1 aromatic heterocycles. The highest BCUT2D eigenvalue weighted by Crippen LogP contribution is 2.30. The molecule has 1 aliphatic rings. The smallest absolute Gasteiger partial charge is 0.244 e. The summed E-state index contributed by atoms with van der Waals surface area (Å²) < 4.78 is 5.72. The molecule has 0 bridgehead atoms. The third-order valence-corrected chi connectivity index (χ3v) is 5.03. The van der Waals surface area contributed by atoms with Crippen molar-refractivity contribution in [1.29, 1.82) is 0 Å². The van der Waals surface area contributed by atoms with Crippen molar-refractivity contribution < 1.29 is 14.3 Å². The van der Waals surface area contributed by atoms with Gasteiger partial charge < -0.3 is 15.4 Å². The van der Waals surface area contributed by atoms with Gasteiger partial charge in [-0.2, -0.15) is 0 Å². The van der Waals surface area contributed by atoms with Crippen LogP contribution in [-0.2, 0) is 22.7 Å². The SMILES string of the molecule is O=C(/C=C/c1ccc(OCc2ccccn2)cc1)NCc1cccc(NC(=O)C2CC2)c1. The van der Waals surface area contributed by atoms with Crippen LogP contribution in [0, 0.1) is 5.92 Å². The normalized spacial score (nSPS) is 13.0. The van der Waals surface area contributed by atoms with Crippen LogP contribution in [0.3, 0.4) is 0 Å². The van der Waals surface area contributed by atoms with Crippen molar-refractivity contribution in [2.75, 3.05) is 5.32 Å². The van der Waals surface area contributed by atoms with Gasteiger partial charge in [0.05, 0.1) is 5.69 Å². The van der Waals surface area contributed by atoms with Gasteiger partial charge in [0.15, 0.2) is 0 Å². The van der Waals surface area contributed by atoms with E-state index in [1.54, 1.807) is 12.3 Å². The average molecular weight is 428 g/mol. The van der Waals surface area contributed by atoms with Gasteiger partial charge in [-0.1, -0.05) is 30.3 Å². The Morgan fingerprint density at radius 1 is 1.03 bits per heavy atom. The van der Waals surface area contributed by atoms with Gasteiger partial charge in [-0.05, 0) is 66.4 Å². The Hall–Kier alpha value is -3.93. The van der Waals surface area contributed by atoms with Crippen molar-refractivity contribution in [3.05, 3.63) is 95.8 Å². The highest BCUT2D eigenvalue weighted by molar-refractivity contribution is 5.94. The fourth-order valence-corrected chi connectivity index (χ4v) is 3.08. The number of benzene rings is 2. The standard InChI is InChI=1S/C26H25N3O3/c30-25(28-17-20-4-3-6-22(16-20)29-26(31)21-10-11-21)14-9-19-7-12-24(13-8-19)32-18-23-5-1-2-15-27-23/h1-9,12-16,21H,10-11,17-18H2,(H,28,30)(H,29,31)/b14-9+. The van der Waals surface area contributed by atoms with E-state index in [1.165, 1.54) is 6.08 Å². The Labute approximate surface area is 187 Å². The molecule has 0 unspecified atom stereocenters. The fourth-order valence-electron chi connectivity index (χ4n) is 3.08. The molecule has 1 heterocycles. The first kappa shape index (κ1) is 21.3. The van der Waals surface area contributed by atoms with Crippen LogP contribution in [0.4, 0.5) is 5.69 Å². The van der Waals surface area contributed by atoms with E-state index in [0.29, 0.717) is 13.2 Å². The number of nitrogens with zero attached hydrogens (tertiary/aromatic N) is 1. The molecule has 0 radical (unpaired) electrons. The monoisotopic (exact) mass is 427 g/mol. The molecule has 0 aliphatic heterocycles. The molecule has 0 saturated heterocycles. The number of nitrogens with one attached hydrogen (secondary N) is 2. The summed E-state index contributed by atoms with van der Waals surface area (Å²) in [5, 5.41) is 5.79. The number of rotatable bonds is 9. The molecule has 4 rings (SSSR count). The fraction of sp³-hybridized carbons (Fsp3) is 0.192. The first-order valence-electron chi connectivity index (χ1n) is 10.6. The van der Waals surface area contributed by atoms with Gasteiger partial charge in [-0.25, -0.2) is 0 Å². The van der Waals surface area contributed by atoms with Gasteiger partial charge in [-0.3, -0.25) is 14.6 Å². The summed E-state index contributed by atoms with van der Waals surface area (Å²) in [4.78, 5) is 28.3. The first-order valence-corrected chi connectivity index (χ1v) is 10.6. The van der Waals surface area contributed by atoms with Crippen molar-refractivity contribution in [3.8, 4) is 5.75 Å². The Morgan fingerprint density at radius 2 is 1.88 bits per heavy atom. The number of ether oxygens (including phenoxy) is 1. The van der Waals surface area contributed by atoms with Gasteiger partial charge in [-0.15, -0.1) is 0 Å². The second kappa shape index (κ2) is 10.4. The topological polar surface area (TPSA) is 80.3 Å². The molecule has 162 valence electrons. The number of hydrogen-bond acceptors (Lipinski definition) is 4. The van der Waals surface area contributed by atoms with E-state index in [9.17, 15) is 9.59 Å². The van der Waals surface area contributed by atoms with Crippen LogP contribution < -0.4 is 15.4 Å². The summed E-state index contributed by atoms with van der Waals surface area (Å²) in [6.45, 7) is 0.792. The summed E-state index contributed by atoms with van der Waals surface area (Å²) in [6, 6.07) is 20.7. The van der Waals surface area contributed by atoms with E-state index in [0.717, 1.165) is 41.1 Å². The molecule has 0 spiro atoms. The van der Waals surface area contributed by atoms with E-state index < -0.39 is 0 Å². The zero-order valence-electron chi connectivity index (χ0n) is 17.7. The largest absolute Gasteiger partial charge is 0.487 e. The molecule has 6 heteroatoms. The van der Waals surface area contributed by atoms with Gasteiger partial charge in [0, 0.05) is 30.4 Å². The maximum atomic E-state index is 12.2. The van der Waals surface area contributed by atoms with E-state index in [2.05, 4.69) is 15.6 Å². The van der Waals surface area contributed by atoms with Gasteiger partial charge in [0.2, 0.25) is 11.8 Å². The molecule has 2 N–H and O–H groups in total. The van der Waals surface area contributed by atoms with E-state index >= 15 is 0 Å². The van der Waals surface area contributed by atoms with Crippen LogP contribution >= 0.6 is 0 Å². The van der Waals surface area contributed by atoms with Crippen LogP contribution in [0.1, 0.15) is 29.7 Å². The number of carbonyl (C=O) groups is 2. The summed E-state index contributed by atoms with van der Waals surface area (Å²) in [5.41, 5.74) is 3.45. The maximum Gasteiger partial charge on any atom is 0.244 e. The number of anilines is 1. The molecule has 6 nitrogen and oxygen atoms in total. The van der Waals surface area contributed by atoms with Crippen molar-refractivity contribution in [1.82, 2.24) is 10.3 Å². The summed E-state index contributed by atoms with van der Waals surface area (Å²) in [7, 11) is 0. The quantitative estimate of drug-likeness (QED) is 0.498. The first-order chi connectivity index (χ1) is 15.7. The summed E-state index contributed by atoms with van der Waals surface area (Å²) in [5.74, 6) is 0.783. The minimum absolute atomic E-state index is 0.0715. The molecule has 1 aliphatic carbocycles. The number of hydrogen-bond donors (Lipinski definition) is 2. The van der Waals surface area contributed by atoms with Crippen molar-refractivity contribution >= 4 is 23.6 Å². The highest BCUT2D eigenvalue weighted by Gasteiger charge is 2.29. The number of pyridine rings is 1. The molecule has 1 saturated carbocycles. The Morgan fingerprint density at radius 3 is 2.62 bits per heavy atom. The molecule has 32 heavy (non-hydrogen) atoms. The molecule has 0 atom stereocenters. The average Bonchev–Trinajstić information content (AvgIpc) is 3.67. The van der Waals surface area contributed by atoms with Gasteiger partial charge >= 0.3 is 0 Å². The van der Waals surface area contributed by atoms with E-state index in [1.807, 2.05) is 66.7 Å². The lowest BCUT2D eigenvalue weighted by Gasteiger charge is -2.07. The van der Waals surface area contributed by atoms with Gasteiger partial charge in [0.25, 0.3) is 0 Å². The molecule has 3 aromatic rings. The minimum Gasteiger partial charge on any atom is -0.487 e. The van der Waals surface area contributed by atoms with E-state index in [4.69, 9.17) is 4.74 Å². The Balaban J connectivity index is 1.23. The zero-order chi connectivity index (χ0) is 22.2. The van der Waals surface area contributed by atoms with Crippen molar-refractivity contribution in [3.63, 3.8) is 0 Å². The zero-order valence-corrected chi connectivity index (χ0v) is 17.7. The predicted molar refractivity (Wildman–Crippen MR) is 124 cm³/mol. The predicted octanol–water partition coefficient (Wildman–Crippen LogP) is 4.34. The summed E-state index contributed by atoms with van der Waals surface area (Å²) in [6.07, 6.45) is 6.93. The molecular weight excluding hydrogens is 402 g/mol. The Kier molecular flexibility index (Phi) is 6.92. The maximum absolute atomic E-state index is 12.2. The van der Waals surface area contributed by atoms with Gasteiger partial charge in [0.1, 0.15) is 12.4 Å². The van der Waals surface area contributed by atoms with Crippen LogP contribution in [0.5, 0.6) is 5.75 Å². The van der Waals surface area contributed by atoms with E-state index in [-0.39, 0.29) is 17.7 Å². The van der Waals surface area contributed by atoms with Crippen LogP contribution in [0.15, 0.2) is 79.0 Å². The second-order valence-corrected chi connectivity index (χ2v) is 7.69. The third kappa shape index (κ3) is 6.54. The highest BCUT2D eigenvalue weighted by atomic mass is 16.5. The number of carbonyl (C=O) groups excluding carboxylic acids is 2. The van der Waals surface area contributed by atoms with Crippen LogP contribution in [0.25, 0.3) is 6.08 Å². The van der Waals surface area contributed by atoms with Crippen LogP contribution in [0.2, 0.25) is 0 Å². The van der Waals surface area contributed by atoms with Crippen molar-refractivity contribution in [2.24, 2.45) is 5.92 Å². The minimum atomic E-state index is -0.187. The molecule has 2 aromatic carbocycles. The molecule has 1 fully saturated rings. The summed E-state index contributed by atoms with van der Waals surface area (Å²) >= 11 is 0. The lowest BCUT2D eigenvalue weighted by Crippen LogP contribution is -2.20. The Bertz CT molecular complexity index is 1090. The number of aromatic nitrogens is 1. The van der Waals surface area contributed by atoms with Crippen LogP contribution in [-0.4, -0.2) is 16.8 Å². The third-order valence-electron chi connectivity index (χ3n) is 5.03. The lowest BCUT2D eigenvalue weighted by atomic mass is 10.2. The second-order valence-electron chi connectivity index (χ2n) is 7.69. The molecule has 2 amide bonds. The van der Waals surface area contributed by atoms with Crippen molar-refractivity contribution in [2.45, 2.75) is 26.0 Å². The molecular formula is C26H25N3O3.